The lowest BCUT2D eigenvalue weighted by atomic mass is 10.0. The second kappa shape index (κ2) is 6.09. The van der Waals surface area contributed by atoms with Crippen LogP contribution < -0.4 is 5.32 Å². The number of aliphatic imine (C=N–C) groups is 1. The van der Waals surface area contributed by atoms with Crippen LogP contribution in [0.15, 0.2) is 28.6 Å². The number of halogens is 5. The predicted molar refractivity (Wildman–Crippen MR) is 80.4 cm³/mol. The van der Waals surface area contributed by atoms with E-state index in [4.69, 9.17) is 11.6 Å². The molecule has 9 heteroatoms. The van der Waals surface area contributed by atoms with E-state index in [1.165, 1.54) is 12.1 Å². The summed E-state index contributed by atoms with van der Waals surface area (Å²) in [7, 11) is 0. The number of hydrogen-bond donors (Lipinski definition) is 1. The third-order valence-corrected chi connectivity index (χ3v) is 4.51. The first-order valence-electron chi connectivity index (χ1n) is 6.63. The minimum atomic E-state index is -4.48. The fourth-order valence-corrected chi connectivity index (χ4v) is 3.34. The highest BCUT2D eigenvalue weighted by atomic mass is 35.5. The number of nitrogens with zero attached hydrogens (tertiary/aromatic N) is 2. The Morgan fingerprint density at radius 1 is 1.30 bits per heavy atom. The molecule has 1 aromatic carbocycles. The molecule has 0 radical (unpaired) electrons. The molecule has 0 saturated carbocycles. The first-order valence-corrected chi connectivity index (χ1v) is 7.89. The molecule has 2 aromatic rings. The molecule has 0 fully saturated rings. The van der Waals surface area contributed by atoms with Gasteiger partial charge >= 0.3 is 6.18 Å². The molecule has 3 rings (SSSR count). The van der Waals surface area contributed by atoms with Crippen molar-refractivity contribution in [3.63, 3.8) is 0 Å². The van der Waals surface area contributed by atoms with Crippen molar-refractivity contribution in [3.8, 4) is 0 Å². The average Bonchev–Trinajstić information content (AvgIpc) is 2.97. The Balaban J connectivity index is 1.83. The van der Waals surface area contributed by atoms with E-state index in [2.05, 4.69) is 15.3 Å². The standard InChI is InChI=1S/C14H10ClF4N3S/c15-9-5-7(16)1-2-8(9)10-3-4-20-12(21-10)13-22-11(6-23-13)14(17,18)19/h1-2,5-6,10H,3-4H2,(H,20,21)/t10-/m1/s1. The van der Waals surface area contributed by atoms with E-state index in [0.29, 0.717) is 24.4 Å². The van der Waals surface area contributed by atoms with Crippen LogP contribution in [0, 0.1) is 5.82 Å². The van der Waals surface area contributed by atoms with E-state index in [-0.39, 0.29) is 16.1 Å². The van der Waals surface area contributed by atoms with Gasteiger partial charge in [0.1, 0.15) is 5.82 Å². The van der Waals surface area contributed by atoms with E-state index < -0.39 is 17.7 Å². The fourth-order valence-electron chi connectivity index (χ4n) is 2.25. The largest absolute Gasteiger partial charge is 0.434 e. The number of nitrogens with one attached hydrogen (secondary N) is 1. The van der Waals surface area contributed by atoms with Gasteiger partial charge in [0.05, 0.1) is 6.04 Å². The van der Waals surface area contributed by atoms with Gasteiger partial charge < -0.3 is 5.32 Å². The molecular formula is C14H10ClF4N3S. The van der Waals surface area contributed by atoms with Gasteiger partial charge in [-0.2, -0.15) is 13.2 Å². The lowest BCUT2D eigenvalue weighted by molar-refractivity contribution is -0.140. The monoisotopic (exact) mass is 363 g/mol. The molecule has 0 bridgehead atoms. The highest BCUT2D eigenvalue weighted by Crippen LogP contribution is 2.32. The summed E-state index contributed by atoms with van der Waals surface area (Å²) in [5, 5.41) is 4.42. The third kappa shape index (κ3) is 3.48. The zero-order valence-electron chi connectivity index (χ0n) is 11.5. The van der Waals surface area contributed by atoms with Gasteiger partial charge in [0.25, 0.3) is 0 Å². The van der Waals surface area contributed by atoms with Gasteiger partial charge in [-0.3, -0.25) is 4.99 Å². The number of hydrogen-bond acceptors (Lipinski definition) is 4. The molecule has 2 heterocycles. The Morgan fingerprint density at radius 3 is 2.74 bits per heavy atom. The third-order valence-electron chi connectivity index (χ3n) is 3.33. The topological polar surface area (TPSA) is 37.3 Å². The van der Waals surface area contributed by atoms with Crippen LogP contribution in [-0.2, 0) is 6.18 Å². The van der Waals surface area contributed by atoms with E-state index in [1.807, 2.05) is 0 Å². The molecule has 0 amide bonds. The number of aromatic nitrogens is 1. The van der Waals surface area contributed by atoms with Crippen LogP contribution in [0.4, 0.5) is 17.6 Å². The molecule has 0 spiro atoms. The summed E-state index contributed by atoms with van der Waals surface area (Å²) in [5.74, 6) is -0.152. The Hall–Kier alpha value is -1.67. The van der Waals surface area contributed by atoms with Gasteiger partial charge in [0.15, 0.2) is 16.5 Å². The first-order chi connectivity index (χ1) is 10.8. The van der Waals surface area contributed by atoms with Gasteiger partial charge in [-0.1, -0.05) is 17.7 Å². The van der Waals surface area contributed by atoms with Crippen LogP contribution >= 0.6 is 22.9 Å². The van der Waals surface area contributed by atoms with E-state index >= 15 is 0 Å². The quantitative estimate of drug-likeness (QED) is 0.801. The summed E-state index contributed by atoms with van der Waals surface area (Å²) in [4.78, 5) is 7.76. The zero-order valence-corrected chi connectivity index (χ0v) is 13.1. The molecule has 122 valence electrons. The molecule has 0 aliphatic carbocycles. The molecular weight excluding hydrogens is 354 g/mol. The highest BCUT2D eigenvalue weighted by Gasteiger charge is 2.34. The minimum Gasteiger partial charge on any atom is -0.361 e. The summed E-state index contributed by atoms with van der Waals surface area (Å²) < 4.78 is 51.0. The Kier molecular flexibility index (Phi) is 4.29. The fraction of sp³-hybridized carbons (Fsp3) is 0.286. The van der Waals surface area contributed by atoms with Gasteiger partial charge in [0.2, 0.25) is 0 Å². The molecule has 0 unspecified atom stereocenters. The lowest BCUT2D eigenvalue weighted by Crippen LogP contribution is -2.34. The Bertz CT molecular complexity index is 757. The predicted octanol–water partition coefficient (Wildman–Crippen LogP) is 4.44. The smallest absolute Gasteiger partial charge is 0.361 e. The van der Waals surface area contributed by atoms with Crippen LogP contribution in [0.2, 0.25) is 5.02 Å². The van der Waals surface area contributed by atoms with Crippen molar-refractivity contribution in [3.05, 3.63) is 50.7 Å². The number of thiazole rings is 1. The molecule has 0 saturated heterocycles. The second-order valence-electron chi connectivity index (χ2n) is 4.92. The SMILES string of the molecule is Fc1ccc([C@H]2CCN=C(c3nc(C(F)(F)F)cs3)N2)c(Cl)c1. The van der Waals surface area contributed by atoms with Crippen molar-refractivity contribution >= 4 is 28.8 Å². The zero-order chi connectivity index (χ0) is 16.6. The van der Waals surface area contributed by atoms with E-state index in [1.54, 1.807) is 6.07 Å². The summed E-state index contributed by atoms with van der Waals surface area (Å²) in [6.45, 7) is 0.418. The molecule has 1 N–H and O–H groups in total. The van der Waals surface area contributed by atoms with Crippen molar-refractivity contribution < 1.29 is 17.6 Å². The van der Waals surface area contributed by atoms with Crippen molar-refractivity contribution in [1.82, 2.24) is 10.3 Å². The maximum absolute atomic E-state index is 13.1. The number of rotatable bonds is 2. The van der Waals surface area contributed by atoms with Gasteiger partial charge in [-0.15, -0.1) is 11.3 Å². The number of alkyl halides is 3. The summed E-state index contributed by atoms with van der Waals surface area (Å²) >= 11 is 6.91. The second-order valence-corrected chi connectivity index (χ2v) is 6.18. The number of benzene rings is 1. The van der Waals surface area contributed by atoms with Crippen molar-refractivity contribution in [2.45, 2.75) is 18.6 Å². The normalized spacial score (nSPS) is 18.5. The lowest BCUT2D eigenvalue weighted by Gasteiger charge is -2.25. The maximum atomic E-state index is 13.1. The molecule has 23 heavy (non-hydrogen) atoms. The Labute approximate surface area is 138 Å². The van der Waals surface area contributed by atoms with Gasteiger partial charge in [0, 0.05) is 16.9 Å². The first kappa shape index (κ1) is 16.2. The van der Waals surface area contributed by atoms with Gasteiger partial charge in [-0.05, 0) is 24.1 Å². The van der Waals surface area contributed by atoms with Crippen LogP contribution in [-0.4, -0.2) is 17.4 Å². The van der Waals surface area contributed by atoms with Crippen LogP contribution in [0.1, 0.15) is 28.7 Å². The Morgan fingerprint density at radius 2 is 2.09 bits per heavy atom. The van der Waals surface area contributed by atoms with E-state index in [0.717, 1.165) is 16.7 Å². The number of amidine groups is 1. The highest BCUT2D eigenvalue weighted by molar-refractivity contribution is 7.11. The minimum absolute atomic E-state index is 0.167. The molecule has 1 aliphatic rings. The summed E-state index contributed by atoms with van der Waals surface area (Å²) in [6, 6.07) is 3.80. The van der Waals surface area contributed by atoms with Crippen LogP contribution in [0.25, 0.3) is 0 Å². The van der Waals surface area contributed by atoms with Crippen molar-refractivity contribution in [2.24, 2.45) is 4.99 Å². The maximum Gasteiger partial charge on any atom is 0.434 e. The van der Waals surface area contributed by atoms with Gasteiger partial charge in [-0.25, -0.2) is 9.37 Å². The molecule has 1 aliphatic heterocycles. The van der Waals surface area contributed by atoms with Crippen LogP contribution in [0.3, 0.4) is 0 Å². The summed E-state index contributed by atoms with van der Waals surface area (Å²) in [6.07, 6.45) is -3.88. The van der Waals surface area contributed by atoms with Crippen molar-refractivity contribution in [1.29, 1.82) is 0 Å². The summed E-state index contributed by atoms with van der Waals surface area (Å²) in [5.41, 5.74) is -0.267. The molecule has 1 aromatic heterocycles. The molecule has 3 nitrogen and oxygen atoms in total. The van der Waals surface area contributed by atoms with Crippen LogP contribution in [0.5, 0.6) is 0 Å². The average molecular weight is 364 g/mol. The van der Waals surface area contributed by atoms with Crippen molar-refractivity contribution in [2.75, 3.05) is 6.54 Å². The molecule has 1 atom stereocenters. The van der Waals surface area contributed by atoms with E-state index in [9.17, 15) is 17.6 Å².